The molecule has 2 aromatic rings. The summed E-state index contributed by atoms with van der Waals surface area (Å²) in [4.78, 5) is 46.4. The fraction of sp³-hybridized carbons (Fsp3) is 0.370. The zero-order valence-electron chi connectivity index (χ0n) is 20.4. The molecule has 9 heteroatoms. The number of para-hydroxylation sites is 1. The third kappa shape index (κ3) is 3.50. The van der Waals surface area contributed by atoms with Gasteiger partial charge in [0.25, 0.3) is 17.6 Å². The van der Waals surface area contributed by atoms with Gasteiger partial charge in [0.2, 0.25) is 0 Å². The number of methoxy groups -OCH3 is 1. The average Bonchev–Trinajstić information content (AvgIpc) is 3.30. The van der Waals surface area contributed by atoms with Gasteiger partial charge in [0.1, 0.15) is 11.5 Å². The van der Waals surface area contributed by atoms with E-state index in [1.807, 2.05) is 13.0 Å². The number of nitrogens with zero attached hydrogens (tertiary/aromatic N) is 3. The number of benzene rings is 2. The number of aliphatic hydroxyl groups excluding tert-OH is 1. The fourth-order valence-electron chi connectivity index (χ4n) is 5.44. The SMILES string of the molecule is CCN1C(=O)[C@]2(C(=C(O)c3ccc(OC)cc3)C(=O)C(=O)N2CCN2CCOCC2)c2ccccc21. The molecular formula is C27H29N3O6. The Morgan fingerprint density at radius 1 is 1.03 bits per heavy atom. The van der Waals surface area contributed by atoms with Crippen molar-refractivity contribution in [3.63, 3.8) is 0 Å². The molecule has 0 aromatic heterocycles. The summed E-state index contributed by atoms with van der Waals surface area (Å²) in [5, 5.41) is 11.5. The molecule has 3 aliphatic heterocycles. The van der Waals surface area contributed by atoms with E-state index in [-0.39, 0.29) is 17.9 Å². The molecule has 2 aromatic carbocycles. The van der Waals surface area contributed by atoms with Crippen LogP contribution in [0.1, 0.15) is 18.1 Å². The predicted octanol–water partition coefficient (Wildman–Crippen LogP) is 1.97. The van der Waals surface area contributed by atoms with Gasteiger partial charge < -0.3 is 24.4 Å². The van der Waals surface area contributed by atoms with E-state index in [1.54, 1.807) is 47.4 Å². The molecule has 3 aliphatic rings. The molecule has 3 heterocycles. The Labute approximate surface area is 209 Å². The lowest BCUT2D eigenvalue weighted by molar-refractivity contribution is -0.144. The van der Waals surface area contributed by atoms with E-state index >= 15 is 0 Å². The smallest absolute Gasteiger partial charge is 0.296 e. The number of anilines is 1. The standard InChI is InChI=1S/C27H29N3O6/c1-3-29-21-7-5-4-6-20(21)27(26(29)34)22(23(31)18-8-10-19(35-2)11-9-18)24(32)25(33)30(27)13-12-28-14-16-36-17-15-28/h4-11,31H,3,12-17H2,1-2H3/t27-/m1/s1. The van der Waals surface area contributed by atoms with Gasteiger partial charge in [0.15, 0.2) is 5.54 Å². The average molecular weight is 492 g/mol. The first-order valence-electron chi connectivity index (χ1n) is 12.1. The summed E-state index contributed by atoms with van der Waals surface area (Å²) < 4.78 is 10.6. The van der Waals surface area contributed by atoms with E-state index in [0.29, 0.717) is 62.0 Å². The van der Waals surface area contributed by atoms with Gasteiger partial charge in [-0.3, -0.25) is 19.3 Å². The van der Waals surface area contributed by atoms with Gasteiger partial charge in [-0.2, -0.15) is 0 Å². The lowest BCUT2D eigenvalue weighted by Crippen LogP contribution is -2.54. The Morgan fingerprint density at radius 3 is 2.39 bits per heavy atom. The second-order valence-electron chi connectivity index (χ2n) is 8.97. The Hall–Kier alpha value is -3.69. The molecule has 0 radical (unpaired) electrons. The van der Waals surface area contributed by atoms with E-state index in [9.17, 15) is 19.5 Å². The van der Waals surface area contributed by atoms with Crippen LogP contribution in [0.4, 0.5) is 5.69 Å². The highest BCUT2D eigenvalue weighted by atomic mass is 16.5. The lowest BCUT2D eigenvalue weighted by atomic mass is 9.82. The van der Waals surface area contributed by atoms with Crippen LogP contribution in [0.2, 0.25) is 0 Å². The highest BCUT2D eigenvalue weighted by Gasteiger charge is 2.66. The van der Waals surface area contributed by atoms with Crippen molar-refractivity contribution in [2.24, 2.45) is 0 Å². The molecule has 0 bridgehead atoms. The number of hydrogen-bond donors (Lipinski definition) is 1. The number of likely N-dealkylation sites (N-methyl/N-ethyl adjacent to an activating group) is 1. The Bertz CT molecular complexity index is 1230. The molecule has 9 nitrogen and oxygen atoms in total. The molecule has 1 N–H and O–H groups in total. The van der Waals surface area contributed by atoms with Crippen molar-refractivity contribution in [3.05, 3.63) is 65.2 Å². The number of aliphatic hydroxyl groups is 1. The van der Waals surface area contributed by atoms with E-state index in [2.05, 4.69) is 4.90 Å². The van der Waals surface area contributed by atoms with Crippen LogP contribution < -0.4 is 9.64 Å². The quantitative estimate of drug-likeness (QED) is 0.375. The molecule has 0 saturated carbocycles. The number of ketones is 1. The van der Waals surface area contributed by atoms with Crippen molar-refractivity contribution in [2.75, 3.05) is 57.9 Å². The summed E-state index contributed by atoms with van der Waals surface area (Å²) in [5.74, 6) is -1.88. The third-order valence-corrected chi connectivity index (χ3v) is 7.23. The number of carbonyl (C=O) groups excluding carboxylic acids is 3. The second-order valence-corrected chi connectivity index (χ2v) is 8.97. The van der Waals surface area contributed by atoms with Crippen molar-refractivity contribution in [1.29, 1.82) is 0 Å². The van der Waals surface area contributed by atoms with Gasteiger partial charge in [-0.25, -0.2) is 0 Å². The van der Waals surface area contributed by atoms with Crippen molar-refractivity contribution in [2.45, 2.75) is 12.5 Å². The highest BCUT2D eigenvalue weighted by molar-refractivity contribution is 6.50. The number of rotatable bonds is 6. The Morgan fingerprint density at radius 2 is 1.72 bits per heavy atom. The van der Waals surface area contributed by atoms with Crippen LogP contribution in [0.3, 0.4) is 0 Å². The first kappa shape index (κ1) is 24.0. The number of fused-ring (bicyclic) bond motifs is 2. The second kappa shape index (κ2) is 9.40. The van der Waals surface area contributed by atoms with Crippen LogP contribution in [0.15, 0.2) is 54.1 Å². The number of amides is 2. The largest absolute Gasteiger partial charge is 0.507 e. The Balaban J connectivity index is 1.69. The molecule has 2 amide bonds. The van der Waals surface area contributed by atoms with E-state index in [0.717, 1.165) is 0 Å². The maximum Gasteiger partial charge on any atom is 0.296 e. The first-order chi connectivity index (χ1) is 17.4. The Kier molecular flexibility index (Phi) is 6.27. The number of carbonyl (C=O) groups is 3. The van der Waals surface area contributed by atoms with E-state index < -0.39 is 23.1 Å². The highest BCUT2D eigenvalue weighted by Crippen LogP contribution is 2.53. The molecule has 1 spiro atoms. The summed E-state index contributed by atoms with van der Waals surface area (Å²) in [6.07, 6.45) is 0. The lowest BCUT2D eigenvalue weighted by Gasteiger charge is -2.36. The maximum absolute atomic E-state index is 14.2. The van der Waals surface area contributed by atoms with Crippen LogP contribution in [0, 0.1) is 0 Å². The molecule has 0 aliphatic carbocycles. The molecule has 1 atom stereocenters. The van der Waals surface area contributed by atoms with Crippen molar-refractivity contribution in [1.82, 2.24) is 9.80 Å². The minimum Gasteiger partial charge on any atom is -0.507 e. The number of likely N-dealkylation sites (tertiary alicyclic amines) is 1. The summed E-state index contributed by atoms with van der Waals surface area (Å²) in [7, 11) is 1.53. The van der Waals surface area contributed by atoms with Gasteiger partial charge in [-0.15, -0.1) is 0 Å². The first-order valence-corrected chi connectivity index (χ1v) is 12.1. The summed E-state index contributed by atoms with van der Waals surface area (Å²) in [6.45, 7) is 5.41. The van der Waals surface area contributed by atoms with Gasteiger partial charge >= 0.3 is 0 Å². The van der Waals surface area contributed by atoms with Crippen LogP contribution >= 0.6 is 0 Å². The molecular weight excluding hydrogens is 462 g/mol. The molecule has 5 rings (SSSR count). The number of hydrogen-bond acceptors (Lipinski definition) is 7. The zero-order chi connectivity index (χ0) is 25.4. The van der Waals surface area contributed by atoms with Gasteiger partial charge in [-0.1, -0.05) is 18.2 Å². The van der Waals surface area contributed by atoms with Crippen LogP contribution in [0.25, 0.3) is 5.76 Å². The maximum atomic E-state index is 14.2. The molecule has 188 valence electrons. The minimum absolute atomic E-state index is 0.154. The van der Waals surface area contributed by atoms with Crippen LogP contribution in [-0.2, 0) is 24.7 Å². The van der Waals surface area contributed by atoms with Gasteiger partial charge in [0.05, 0.1) is 31.6 Å². The number of Topliss-reactive ketones (excluding diaryl/α,β-unsaturated/α-hetero) is 1. The molecule has 36 heavy (non-hydrogen) atoms. The van der Waals surface area contributed by atoms with Gasteiger partial charge in [-0.05, 0) is 37.3 Å². The number of ether oxygens (including phenoxy) is 2. The van der Waals surface area contributed by atoms with Crippen LogP contribution in [-0.4, -0.2) is 85.6 Å². The monoisotopic (exact) mass is 491 g/mol. The van der Waals surface area contributed by atoms with E-state index in [1.165, 1.54) is 12.0 Å². The molecule has 2 saturated heterocycles. The minimum atomic E-state index is -1.74. The predicted molar refractivity (Wildman–Crippen MR) is 133 cm³/mol. The van der Waals surface area contributed by atoms with Crippen molar-refractivity contribution < 1.29 is 29.0 Å². The summed E-state index contributed by atoms with van der Waals surface area (Å²) in [6, 6.07) is 13.7. The van der Waals surface area contributed by atoms with E-state index in [4.69, 9.17) is 9.47 Å². The third-order valence-electron chi connectivity index (χ3n) is 7.23. The van der Waals surface area contributed by atoms with Crippen molar-refractivity contribution >= 4 is 29.0 Å². The normalized spacial score (nSPS) is 23.6. The summed E-state index contributed by atoms with van der Waals surface area (Å²) >= 11 is 0. The zero-order valence-corrected chi connectivity index (χ0v) is 20.4. The van der Waals surface area contributed by atoms with Crippen LogP contribution in [0.5, 0.6) is 5.75 Å². The summed E-state index contributed by atoms with van der Waals surface area (Å²) in [5.41, 5.74) is -0.469. The number of morpholine rings is 1. The fourth-order valence-corrected chi connectivity index (χ4v) is 5.44. The van der Waals surface area contributed by atoms with Crippen molar-refractivity contribution in [3.8, 4) is 5.75 Å². The van der Waals surface area contributed by atoms with Gasteiger partial charge in [0, 0.05) is 43.9 Å². The topological polar surface area (TPSA) is 99.6 Å². The molecule has 2 fully saturated rings. The molecule has 0 unspecified atom stereocenters.